The molecule has 1 heterocycles. The van der Waals surface area contributed by atoms with E-state index in [1.807, 2.05) is 12.1 Å². The molecule has 2 N–H and O–H groups in total. The first-order valence-corrected chi connectivity index (χ1v) is 7.84. The van der Waals surface area contributed by atoms with Crippen LogP contribution in [0.2, 0.25) is 0 Å². The normalized spacial score (nSPS) is 22.5. The van der Waals surface area contributed by atoms with Crippen LogP contribution in [0.15, 0.2) is 24.3 Å². The summed E-state index contributed by atoms with van der Waals surface area (Å²) in [6.45, 7) is 5.32. The average Bonchev–Trinajstić information content (AvgIpc) is 2.47. The summed E-state index contributed by atoms with van der Waals surface area (Å²) in [6.07, 6.45) is 5.61. The van der Waals surface area contributed by atoms with Gasteiger partial charge in [0.2, 0.25) is 5.91 Å². The number of unbranched alkanes of at least 4 members (excludes halogenated alkanes) is 1. The van der Waals surface area contributed by atoms with Crippen molar-refractivity contribution in [3.05, 3.63) is 29.8 Å². The van der Waals surface area contributed by atoms with Crippen LogP contribution in [0.5, 0.6) is 0 Å². The van der Waals surface area contributed by atoms with E-state index in [0.29, 0.717) is 0 Å². The zero-order chi connectivity index (χ0) is 14.4. The number of aryl methyl sites for hydroxylation is 1. The summed E-state index contributed by atoms with van der Waals surface area (Å²) in [5, 5.41) is 6.42. The van der Waals surface area contributed by atoms with Crippen LogP contribution in [0.25, 0.3) is 0 Å². The predicted molar refractivity (Wildman–Crippen MR) is 83.9 cm³/mol. The highest BCUT2D eigenvalue weighted by Crippen LogP contribution is 2.19. The van der Waals surface area contributed by atoms with Gasteiger partial charge in [0, 0.05) is 11.7 Å². The maximum Gasteiger partial charge on any atom is 0.229 e. The summed E-state index contributed by atoms with van der Waals surface area (Å²) >= 11 is 0. The van der Waals surface area contributed by atoms with Crippen molar-refractivity contribution in [1.29, 1.82) is 0 Å². The van der Waals surface area contributed by atoms with Crippen LogP contribution in [-0.2, 0) is 11.2 Å². The summed E-state index contributed by atoms with van der Waals surface area (Å²) in [5.74, 6) is 0.231. The third-order valence-electron chi connectivity index (χ3n) is 4.14. The molecule has 0 radical (unpaired) electrons. The molecule has 2 atom stereocenters. The van der Waals surface area contributed by atoms with Gasteiger partial charge in [0.25, 0.3) is 0 Å². The summed E-state index contributed by atoms with van der Waals surface area (Å²) in [6, 6.07) is 8.54. The molecule has 2 unspecified atom stereocenters. The Morgan fingerprint density at radius 2 is 2.10 bits per heavy atom. The Balaban J connectivity index is 1.90. The first kappa shape index (κ1) is 15.0. The molecular weight excluding hydrogens is 248 g/mol. The summed E-state index contributed by atoms with van der Waals surface area (Å²) < 4.78 is 0. The van der Waals surface area contributed by atoms with E-state index < -0.39 is 0 Å². The number of rotatable bonds is 5. The molecule has 1 aromatic rings. The monoisotopic (exact) mass is 274 g/mol. The van der Waals surface area contributed by atoms with Gasteiger partial charge < -0.3 is 10.6 Å². The van der Waals surface area contributed by atoms with E-state index in [1.54, 1.807) is 0 Å². The first-order chi connectivity index (χ1) is 9.70. The lowest BCUT2D eigenvalue weighted by Gasteiger charge is -2.28. The predicted octanol–water partition coefficient (Wildman–Crippen LogP) is 3.36. The van der Waals surface area contributed by atoms with E-state index >= 15 is 0 Å². The second-order valence-corrected chi connectivity index (χ2v) is 5.78. The Morgan fingerprint density at radius 1 is 1.35 bits per heavy atom. The first-order valence-electron chi connectivity index (χ1n) is 7.84. The van der Waals surface area contributed by atoms with E-state index in [2.05, 4.69) is 36.6 Å². The number of carbonyl (C=O) groups is 1. The molecular formula is C17H26N2O. The fraction of sp³-hybridized carbons (Fsp3) is 0.588. The lowest BCUT2D eigenvalue weighted by atomic mass is 9.91. The lowest BCUT2D eigenvalue weighted by Crippen LogP contribution is -2.44. The van der Waals surface area contributed by atoms with E-state index in [0.717, 1.165) is 31.5 Å². The molecule has 1 aliphatic heterocycles. The zero-order valence-corrected chi connectivity index (χ0v) is 12.6. The Labute approximate surface area is 122 Å². The number of carbonyl (C=O) groups excluding carboxylic acids is 1. The highest BCUT2D eigenvalue weighted by molar-refractivity contribution is 5.93. The zero-order valence-electron chi connectivity index (χ0n) is 12.6. The number of piperidine rings is 1. The minimum absolute atomic E-state index is 0.0866. The van der Waals surface area contributed by atoms with Gasteiger partial charge in [-0.25, -0.2) is 0 Å². The van der Waals surface area contributed by atoms with Gasteiger partial charge in [-0.15, -0.1) is 0 Å². The van der Waals surface area contributed by atoms with E-state index in [9.17, 15) is 4.79 Å². The molecule has 3 heteroatoms. The Hall–Kier alpha value is -1.35. The Morgan fingerprint density at radius 3 is 2.75 bits per heavy atom. The molecule has 0 bridgehead atoms. The molecule has 0 spiro atoms. The van der Waals surface area contributed by atoms with Gasteiger partial charge in [0.1, 0.15) is 0 Å². The van der Waals surface area contributed by atoms with E-state index in [-0.39, 0.29) is 17.9 Å². The second kappa shape index (κ2) is 7.44. The molecule has 1 amide bonds. The van der Waals surface area contributed by atoms with E-state index in [1.165, 1.54) is 18.4 Å². The lowest BCUT2D eigenvalue weighted by molar-refractivity contribution is -0.121. The van der Waals surface area contributed by atoms with Crippen molar-refractivity contribution < 1.29 is 4.79 Å². The number of hydrogen-bond donors (Lipinski definition) is 2. The molecule has 1 saturated heterocycles. The molecule has 0 aliphatic carbocycles. The fourth-order valence-electron chi connectivity index (χ4n) is 2.77. The van der Waals surface area contributed by atoms with Crippen LogP contribution in [0, 0.1) is 5.92 Å². The van der Waals surface area contributed by atoms with Crippen LogP contribution >= 0.6 is 0 Å². The molecule has 3 nitrogen and oxygen atoms in total. The van der Waals surface area contributed by atoms with Gasteiger partial charge in [-0.1, -0.05) is 25.5 Å². The highest BCUT2D eigenvalue weighted by atomic mass is 16.1. The van der Waals surface area contributed by atoms with Gasteiger partial charge in [-0.05, 0) is 56.8 Å². The largest absolute Gasteiger partial charge is 0.326 e. The van der Waals surface area contributed by atoms with Gasteiger partial charge in [-0.3, -0.25) is 4.79 Å². The van der Waals surface area contributed by atoms with Crippen LogP contribution in [-0.4, -0.2) is 18.5 Å². The standard InChI is InChI=1S/C17H26N2O/c1-3-4-6-14-8-10-15(11-9-14)19-17(20)16-7-5-12-18-13(16)2/h8-11,13,16,18H,3-7,12H2,1-2H3,(H,19,20). The van der Waals surface area contributed by atoms with Crippen LogP contribution in [0.3, 0.4) is 0 Å². The fourth-order valence-corrected chi connectivity index (χ4v) is 2.77. The highest BCUT2D eigenvalue weighted by Gasteiger charge is 2.27. The van der Waals surface area contributed by atoms with Crippen molar-refractivity contribution in [1.82, 2.24) is 5.32 Å². The topological polar surface area (TPSA) is 41.1 Å². The maximum absolute atomic E-state index is 12.3. The number of amides is 1. The van der Waals surface area contributed by atoms with Crippen molar-refractivity contribution in [2.24, 2.45) is 5.92 Å². The van der Waals surface area contributed by atoms with Crippen molar-refractivity contribution in [3.8, 4) is 0 Å². The minimum atomic E-state index is 0.0866. The third kappa shape index (κ3) is 4.07. The van der Waals surface area contributed by atoms with Crippen molar-refractivity contribution in [2.75, 3.05) is 11.9 Å². The SMILES string of the molecule is CCCCc1ccc(NC(=O)C2CCCNC2C)cc1. The average molecular weight is 274 g/mol. The summed E-state index contributed by atoms with van der Waals surface area (Å²) in [7, 11) is 0. The Kier molecular flexibility index (Phi) is 5.60. The molecule has 2 rings (SSSR count). The van der Waals surface area contributed by atoms with Crippen LogP contribution in [0.1, 0.15) is 45.1 Å². The summed E-state index contributed by atoms with van der Waals surface area (Å²) in [5.41, 5.74) is 2.26. The number of anilines is 1. The molecule has 1 fully saturated rings. The van der Waals surface area contributed by atoms with Gasteiger partial charge in [-0.2, -0.15) is 0 Å². The Bertz CT molecular complexity index is 427. The van der Waals surface area contributed by atoms with Gasteiger partial charge in [0.15, 0.2) is 0 Å². The molecule has 0 saturated carbocycles. The number of hydrogen-bond acceptors (Lipinski definition) is 2. The van der Waals surface area contributed by atoms with Crippen molar-refractivity contribution in [3.63, 3.8) is 0 Å². The number of benzene rings is 1. The molecule has 110 valence electrons. The van der Waals surface area contributed by atoms with Gasteiger partial charge in [0.05, 0.1) is 5.92 Å². The van der Waals surface area contributed by atoms with Crippen LogP contribution < -0.4 is 10.6 Å². The maximum atomic E-state index is 12.3. The van der Waals surface area contributed by atoms with Crippen molar-refractivity contribution in [2.45, 2.75) is 52.0 Å². The second-order valence-electron chi connectivity index (χ2n) is 5.78. The molecule has 20 heavy (non-hydrogen) atoms. The van der Waals surface area contributed by atoms with Gasteiger partial charge >= 0.3 is 0 Å². The minimum Gasteiger partial charge on any atom is -0.326 e. The van der Waals surface area contributed by atoms with E-state index in [4.69, 9.17) is 0 Å². The smallest absolute Gasteiger partial charge is 0.229 e. The number of nitrogens with one attached hydrogen (secondary N) is 2. The molecule has 0 aromatic heterocycles. The molecule has 1 aliphatic rings. The summed E-state index contributed by atoms with van der Waals surface area (Å²) in [4.78, 5) is 12.3. The quantitative estimate of drug-likeness (QED) is 0.864. The third-order valence-corrected chi connectivity index (χ3v) is 4.14. The van der Waals surface area contributed by atoms with Crippen molar-refractivity contribution >= 4 is 11.6 Å². The molecule has 1 aromatic carbocycles. The van der Waals surface area contributed by atoms with Crippen LogP contribution in [0.4, 0.5) is 5.69 Å².